The number of carbonyl (C=O) groups is 2. The molecule has 0 radical (unpaired) electrons. The fraction of sp³-hybridized carbons (Fsp3) is 0.667. The summed E-state index contributed by atoms with van der Waals surface area (Å²) in [7, 11) is 0. The smallest absolute Gasteiger partial charge is 0.316 e. The summed E-state index contributed by atoms with van der Waals surface area (Å²) >= 11 is 1.86. The van der Waals surface area contributed by atoms with Crippen molar-refractivity contribution in [2.75, 3.05) is 4.43 Å². The van der Waals surface area contributed by atoms with Gasteiger partial charge in [0.05, 0.1) is 4.43 Å². The van der Waals surface area contributed by atoms with Gasteiger partial charge in [0.25, 0.3) is 0 Å². The SMILES string of the molecule is CC(C)(C(=O)O)C(=O)CI. The van der Waals surface area contributed by atoms with Gasteiger partial charge in [-0.15, -0.1) is 0 Å². The van der Waals surface area contributed by atoms with E-state index in [1.54, 1.807) is 0 Å². The van der Waals surface area contributed by atoms with Gasteiger partial charge in [-0.25, -0.2) is 0 Å². The molecule has 10 heavy (non-hydrogen) atoms. The Morgan fingerprint density at radius 1 is 1.50 bits per heavy atom. The normalized spacial score (nSPS) is 11.1. The van der Waals surface area contributed by atoms with Gasteiger partial charge in [0, 0.05) is 0 Å². The van der Waals surface area contributed by atoms with E-state index in [-0.39, 0.29) is 10.2 Å². The van der Waals surface area contributed by atoms with Gasteiger partial charge in [0.1, 0.15) is 5.41 Å². The molecule has 0 unspecified atom stereocenters. The summed E-state index contributed by atoms with van der Waals surface area (Å²) in [6.45, 7) is 2.83. The molecular weight excluding hydrogens is 247 g/mol. The number of rotatable bonds is 3. The number of Topliss-reactive ketones (excluding diaryl/α,β-unsaturated/α-hetero) is 1. The van der Waals surface area contributed by atoms with Gasteiger partial charge in [-0.2, -0.15) is 0 Å². The molecule has 0 saturated heterocycles. The van der Waals surface area contributed by atoms with Gasteiger partial charge in [0.15, 0.2) is 5.78 Å². The van der Waals surface area contributed by atoms with Crippen LogP contribution in [0.25, 0.3) is 0 Å². The lowest BCUT2D eigenvalue weighted by molar-refractivity contribution is -0.151. The van der Waals surface area contributed by atoms with E-state index in [9.17, 15) is 9.59 Å². The number of hydrogen-bond acceptors (Lipinski definition) is 2. The van der Waals surface area contributed by atoms with E-state index in [2.05, 4.69) is 0 Å². The average Bonchev–Trinajstić information content (AvgIpc) is 1.86. The maximum Gasteiger partial charge on any atom is 0.316 e. The van der Waals surface area contributed by atoms with Gasteiger partial charge in [-0.1, -0.05) is 22.6 Å². The van der Waals surface area contributed by atoms with Crippen LogP contribution in [0.4, 0.5) is 0 Å². The number of carboxylic acid groups (broad SMARTS) is 1. The van der Waals surface area contributed by atoms with E-state index < -0.39 is 11.4 Å². The van der Waals surface area contributed by atoms with Crippen molar-refractivity contribution in [2.45, 2.75) is 13.8 Å². The first-order valence-corrected chi connectivity index (χ1v) is 4.28. The van der Waals surface area contributed by atoms with Crippen LogP contribution in [0.2, 0.25) is 0 Å². The summed E-state index contributed by atoms with van der Waals surface area (Å²) in [5.41, 5.74) is -1.22. The molecule has 0 saturated carbocycles. The van der Waals surface area contributed by atoms with E-state index in [1.807, 2.05) is 22.6 Å². The Morgan fingerprint density at radius 2 is 1.90 bits per heavy atom. The summed E-state index contributed by atoms with van der Waals surface area (Å²) in [5, 5.41) is 8.52. The van der Waals surface area contributed by atoms with Gasteiger partial charge >= 0.3 is 5.97 Å². The van der Waals surface area contributed by atoms with Crippen molar-refractivity contribution in [2.24, 2.45) is 5.41 Å². The molecular formula is C6H9IO3. The summed E-state index contributed by atoms with van der Waals surface area (Å²) < 4.78 is 0.247. The first-order valence-electron chi connectivity index (χ1n) is 2.75. The van der Waals surface area contributed by atoms with Crippen molar-refractivity contribution < 1.29 is 14.7 Å². The van der Waals surface area contributed by atoms with Crippen LogP contribution in [0.15, 0.2) is 0 Å². The fourth-order valence-electron chi connectivity index (χ4n) is 0.286. The Labute approximate surface area is 72.9 Å². The lowest BCUT2D eigenvalue weighted by Crippen LogP contribution is -2.33. The highest BCUT2D eigenvalue weighted by Gasteiger charge is 2.34. The first-order chi connectivity index (χ1) is 4.42. The Kier molecular flexibility index (Phi) is 3.27. The predicted octanol–water partition coefficient (Wildman–Crippen LogP) is 1.10. The zero-order valence-corrected chi connectivity index (χ0v) is 8.01. The van der Waals surface area contributed by atoms with Crippen molar-refractivity contribution in [3.05, 3.63) is 0 Å². The second-order valence-corrected chi connectivity index (χ2v) is 3.25. The minimum absolute atomic E-state index is 0.247. The Hall–Kier alpha value is -0.130. The fourth-order valence-corrected chi connectivity index (χ4v) is 1.24. The third-order valence-corrected chi connectivity index (χ3v) is 2.05. The monoisotopic (exact) mass is 256 g/mol. The molecule has 0 rings (SSSR count). The largest absolute Gasteiger partial charge is 0.481 e. The van der Waals surface area contributed by atoms with Crippen molar-refractivity contribution >= 4 is 34.3 Å². The lowest BCUT2D eigenvalue weighted by Gasteiger charge is -2.14. The molecule has 0 bridgehead atoms. The highest BCUT2D eigenvalue weighted by atomic mass is 127. The molecule has 0 atom stereocenters. The van der Waals surface area contributed by atoms with E-state index in [4.69, 9.17) is 5.11 Å². The molecule has 58 valence electrons. The van der Waals surface area contributed by atoms with Crippen LogP contribution in [-0.2, 0) is 9.59 Å². The van der Waals surface area contributed by atoms with Crippen LogP contribution in [0.5, 0.6) is 0 Å². The van der Waals surface area contributed by atoms with Crippen LogP contribution >= 0.6 is 22.6 Å². The molecule has 0 aromatic carbocycles. The van der Waals surface area contributed by atoms with E-state index in [0.29, 0.717) is 0 Å². The maximum atomic E-state index is 10.9. The summed E-state index contributed by atoms with van der Waals surface area (Å²) in [4.78, 5) is 21.3. The summed E-state index contributed by atoms with van der Waals surface area (Å²) in [5.74, 6) is -1.31. The van der Waals surface area contributed by atoms with Gasteiger partial charge in [-0.3, -0.25) is 9.59 Å². The molecule has 0 aliphatic carbocycles. The molecule has 0 aromatic rings. The molecule has 0 aliphatic heterocycles. The number of aliphatic carboxylic acids is 1. The zero-order valence-electron chi connectivity index (χ0n) is 5.85. The molecule has 1 N–H and O–H groups in total. The number of carboxylic acids is 1. The second-order valence-electron chi connectivity index (χ2n) is 2.49. The van der Waals surface area contributed by atoms with Crippen LogP contribution in [0.1, 0.15) is 13.8 Å². The predicted molar refractivity (Wildman–Crippen MR) is 45.3 cm³/mol. The summed E-state index contributed by atoms with van der Waals surface area (Å²) in [6.07, 6.45) is 0. The lowest BCUT2D eigenvalue weighted by atomic mass is 9.89. The number of alkyl halides is 1. The summed E-state index contributed by atoms with van der Waals surface area (Å²) in [6, 6.07) is 0. The third kappa shape index (κ3) is 1.93. The highest BCUT2D eigenvalue weighted by molar-refractivity contribution is 14.1. The van der Waals surface area contributed by atoms with Crippen LogP contribution in [0, 0.1) is 5.41 Å². The minimum Gasteiger partial charge on any atom is -0.481 e. The molecule has 0 fully saturated rings. The van der Waals surface area contributed by atoms with Crippen molar-refractivity contribution in [3.63, 3.8) is 0 Å². The molecule has 4 heteroatoms. The van der Waals surface area contributed by atoms with Crippen LogP contribution < -0.4 is 0 Å². The van der Waals surface area contributed by atoms with E-state index in [0.717, 1.165) is 0 Å². The second kappa shape index (κ2) is 3.32. The standard InChI is InChI=1S/C6H9IO3/c1-6(2,5(9)10)4(8)3-7/h3H2,1-2H3,(H,9,10). The zero-order chi connectivity index (χ0) is 8.36. The van der Waals surface area contributed by atoms with Crippen LogP contribution in [0.3, 0.4) is 0 Å². The quantitative estimate of drug-likeness (QED) is 0.467. The van der Waals surface area contributed by atoms with E-state index in [1.165, 1.54) is 13.8 Å². The van der Waals surface area contributed by atoms with Crippen LogP contribution in [-0.4, -0.2) is 21.3 Å². The topological polar surface area (TPSA) is 54.4 Å². The number of hydrogen-bond donors (Lipinski definition) is 1. The Morgan fingerprint density at radius 3 is 2.00 bits per heavy atom. The van der Waals surface area contributed by atoms with E-state index >= 15 is 0 Å². The van der Waals surface area contributed by atoms with Crippen molar-refractivity contribution in [1.29, 1.82) is 0 Å². The Bertz CT molecular complexity index is 162. The highest BCUT2D eigenvalue weighted by Crippen LogP contribution is 2.17. The Balaban J connectivity index is 4.40. The average molecular weight is 256 g/mol. The number of carbonyl (C=O) groups excluding carboxylic acids is 1. The number of halogens is 1. The maximum absolute atomic E-state index is 10.9. The van der Waals surface area contributed by atoms with Crippen molar-refractivity contribution in [1.82, 2.24) is 0 Å². The number of ketones is 1. The van der Waals surface area contributed by atoms with Gasteiger partial charge in [-0.05, 0) is 13.8 Å². The molecule has 0 amide bonds. The third-order valence-electron chi connectivity index (χ3n) is 1.35. The minimum atomic E-state index is -1.22. The molecule has 0 aliphatic rings. The molecule has 0 aromatic heterocycles. The molecule has 0 spiro atoms. The molecule has 3 nitrogen and oxygen atoms in total. The van der Waals surface area contributed by atoms with Gasteiger partial charge < -0.3 is 5.11 Å². The van der Waals surface area contributed by atoms with Crippen molar-refractivity contribution in [3.8, 4) is 0 Å². The molecule has 0 heterocycles. The first kappa shape index (κ1) is 9.87. The van der Waals surface area contributed by atoms with Gasteiger partial charge in [0.2, 0.25) is 0 Å².